The molecule has 0 aliphatic rings. The highest BCUT2D eigenvalue weighted by Gasteiger charge is 2.36. The fourth-order valence-electron chi connectivity index (χ4n) is 7.71. The molecule has 70 heavy (non-hydrogen) atoms. The first kappa shape index (κ1) is 57.3. The zero-order valence-corrected chi connectivity index (χ0v) is 40.9. The van der Waals surface area contributed by atoms with Gasteiger partial charge in [0.1, 0.15) is 36.3 Å². The molecule has 8 atom stereocenters. The Kier molecular flexibility index (Phi) is 23.3. The van der Waals surface area contributed by atoms with Crippen molar-refractivity contribution in [3.05, 3.63) is 71.9 Å². The largest absolute Gasteiger partial charge is 0.481 e. The highest BCUT2D eigenvalue weighted by molar-refractivity contribution is 5.97. The normalized spacial score (nSPS) is 14.7. The van der Waals surface area contributed by atoms with Gasteiger partial charge < -0.3 is 63.9 Å². The Balaban J connectivity index is 1.93. The van der Waals surface area contributed by atoms with E-state index in [-0.39, 0.29) is 49.9 Å². The number of fused-ring (bicyclic) bond motifs is 1. The Labute approximate surface area is 408 Å². The molecule has 1 aromatic heterocycles. The van der Waals surface area contributed by atoms with Gasteiger partial charge in [0.05, 0.1) is 6.04 Å². The number of aromatic nitrogens is 1. The van der Waals surface area contributed by atoms with Crippen LogP contribution in [-0.2, 0) is 51.2 Å². The third-order valence-corrected chi connectivity index (χ3v) is 11.7. The molecule has 0 radical (unpaired) electrons. The van der Waals surface area contributed by atoms with Crippen LogP contribution in [0.5, 0.6) is 0 Å². The quantitative estimate of drug-likeness (QED) is 0.0257. The van der Waals surface area contributed by atoms with E-state index in [2.05, 4.69) is 42.2 Å². The number of aromatic amines is 1. The van der Waals surface area contributed by atoms with Crippen LogP contribution in [-0.4, -0.2) is 117 Å². The van der Waals surface area contributed by atoms with Gasteiger partial charge in [0.15, 0.2) is 5.96 Å². The van der Waals surface area contributed by atoms with E-state index >= 15 is 0 Å². The number of carbonyl (C=O) groups excluding carboxylic acids is 6. The number of aliphatic carboxylic acids is 2. The summed E-state index contributed by atoms with van der Waals surface area (Å²) in [6.07, 6.45) is 1.81. The summed E-state index contributed by atoms with van der Waals surface area (Å²) >= 11 is 0. The van der Waals surface area contributed by atoms with E-state index in [1.807, 2.05) is 32.0 Å². The molecule has 3 rings (SSSR count). The van der Waals surface area contributed by atoms with Crippen molar-refractivity contribution in [2.45, 2.75) is 142 Å². The number of nitrogens with one attached hydrogen (secondary N) is 9. The van der Waals surface area contributed by atoms with E-state index < -0.39 is 108 Å². The zero-order valence-electron chi connectivity index (χ0n) is 40.9. The Morgan fingerprint density at radius 3 is 1.77 bits per heavy atom. The summed E-state index contributed by atoms with van der Waals surface area (Å²) in [4.78, 5) is 111. The van der Waals surface area contributed by atoms with Crippen LogP contribution in [0.3, 0.4) is 0 Å². The van der Waals surface area contributed by atoms with Gasteiger partial charge in [-0.2, -0.15) is 0 Å². The SMILES string of the molecule is CC[C@H](C)[C@H](NC(=O)[C@H](Cc1ccccc1)NC(=O)[C@H](CC(C)C)NC(=O)[C@@H](N)CCCNC(=N)N)C(=O)N[C@@H](CCC(=O)O)C(=O)N[C@@H](Cc1c[nH]c2ccccc12)C(=O)N[C@@H](CC(C)C)C(=O)O. The predicted octanol–water partition coefficient (Wildman–Crippen LogP) is 1.54. The number of nitrogens with two attached hydrogens (primary N) is 2. The lowest BCUT2D eigenvalue weighted by atomic mass is 9.96. The van der Waals surface area contributed by atoms with Crippen molar-refractivity contribution in [3.63, 3.8) is 0 Å². The van der Waals surface area contributed by atoms with Crippen LogP contribution >= 0.6 is 0 Å². The van der Waals surface area contributed by atoms with Crippen LogP contribution in [0.4, 0.5) is 0 Å². The van der Waals surface area contributed by atoms with E-state index in [0.29, 0.717) is 30.5 Å². The second-order valence-corrected chi connectivity index (χ2v) is 18.5. The fraction of sp³-hybridized carbons (Fsp3) is 0.531. The number of rotatable bonds is 30. The first-order chi connectivity index (χ1) is 33.1. The van der Waals surface area contributed by atoms with Gasteiger partial charge in [-0.25, -0.2) is 4.79 Å². The summed E-state index contributed by atoms with van der Waals surface area (Å²) in [5.41, 5.74) is 13.5. The van der Waals surface area contributed by atoms with Gasteiger partial charge in [-0.1, -0.05) is 96.5 Å². The molecule has 0 unspecified atom stereocenters. The van der Waals surface area contributed by atoms with Crippen molar-refractivity contribution in [3.8, 4) is 0 Å². The number of carbonyl (C=O) groups is 8. The van der Waals surface area contributed by atoms with Gasteiger partial charge >= 0.3 is 11.9 Å². The Morgan fingerprint density at radius 1 is 0.643 bits per heavy atom. The second-order valence-electron chi connectivity index (χ2n) is 18.5. The van der Waals surface area contributed by atoms with E-state index in [9.17, 15) is 48.6 Å². The second kappa shape index (κ2) is 28.5. The summed E-state index contributed by atoms with van der Waals surface area (Å²) in [5, 5.41) is 46.3. The number of carboxylic acid groups (broad SMARTS) is 2. The molecule has 1 heterocycles. The molecule has 0 aliphatic heterocycles. The first-order valence-corrected chi connectivity index (χ1v) is 23.8. The summed E-state index contributed by atoms with van der Waals surface area (Å²) < 4.78 is 0. The van der Waals surface area contributed by atoms with Crippen molar-refractivity contribution in [2.24, 2.45) is 29.2 Å². The van der Waals surface area contributed by atoms with Crippen LogP contribution in [0.2, 0.25) is 0 Å². The van der Waals surface area contributed by atoms with Crippen LogP contribution in [0.15, 0.2) is 60.8 Å². The first-order valence-electron chi connectivity index (χ1n) is 23.8. The van der Waals surface area contributed by atoms with Gasteiger partial charge in [-0.05, 0) is 67.1 Å². The summed E-state index contributed by atoms with van der Waals surface area (Å²) in [6, 6.07) is 7.11. The predicted molar refractivity (Wildman–Crippen MR) is 264 cm³/mol. The van der Waals surface area contributed by atoms with E-state index in [1.165, 1.54) is 0 Å². The molecule has 0 spiro atoms. The topological polar surface area (TPSA) is 353 Å². The average Bonchev–Trinajstić information content (AvgIpc) is 3.71. The number of amides is 6. The number of guanidine groups is 1. The maximum absolute atomic E-state index is 14.4. The molecule has 21 heteroatoms. The minimum Gasteiger partial charge on any atom is -0.481 e. The standard InChI is InChI=1S/C49H73N11O10/c1-7-29(6)41(60-46(67)37(24-30-14-9-8-10-15-30)57-44(65)36(22-27(2)3)56-42(63)33(50)17-13-21-53-49(51)52)47(68)55-35(19-20-40(61)62)43(64)58-38(45(66)59-39(48(69)70)23-28(4)5)25-31-26-54-34-18-12-11-16-32(31)34/h8-12,14-16,18,26-29,33,35-39,41,54H,7,13,17,19-25,50H2,1-6H3,(H,55,68)(H,56,63)(H,57,65)(H,58,64)(H,59,66)(H,60,67)(H,61,62)(H,69,70)(H4,51,52,53)/t29-,33-,35-,36-,37-,38-,39-,41-/m0/s1. The van der Waals surface area contributed by atoms with Crippen LogP contribution in [0.25, 0.3) is 10.9 Å². The molecule has 384 valence electrons. The Hall–Kier alpha value is -7.03. The smallest absolute Gasteiger partial charge is 0.326 e. The zero-order chi connectivity index (χ0) is 52.1. The summed E-state index contributed by atoms with van der Waals surface area (Å²) in [7, 11) is 0. The molecular formula is C49H73N11O10. The Bertz CT molecular complexity index is 2250. The number of para-hydroxylation sites is 1. The lowest BCUT2D eigenvalue weighted by Gasteiger charge is -2.30. The monoisotopic (exact) mass is 976 g/mol. The third kappa shape index (κ3) is 19.2. The minimum absolute atomic E-state index is 0.0261. The molecule has 0 bridgehead atoms. The lowest BCUT2D eigenvalue weighted by Crippen LogP contribution is -2.61. The minimum atomic E-state index is -1.55. The van der Waals surface area contributed by atoms with E-state index in [4.69, 9.17) is 16.9 Å². The lowest BCUT2D eigenvalue weighted by molar-refractivity contribution is -0.142. The van der Waals surface area contributed by atoms with Crippen LogP contribution in [0, 0.1) is 23.2 Å². The van der Waals surface area contributed by atoms with Crippen molar-refractivity contribution in [2.75, 3.05) is 6.54 Å². The third-order valence-electron chi connectivity index (χ3n) is 11.7. The van der Waals surface area contributed by atoms with Gasteiger partial charge in [-0.15, -0.1) is 0 Å². The number of hydrogen-bond acceptors (Lipinski definition) is 10. The molecule has 15 N–H and O–H groups in total. The molecule has 0 saturated carbocycles. The molecule has 0 fully saturated rings. The molecule has 3 aromatic rings. The molecule has 21 nitrogen and oxygen atoms in total. The van der Waals surface area contributed by atoms with Gasteiger partial charge in [0.2, 0.25) is 35.4 Å². The molecule has 0 saturated heterocycles. The van der Waals surface area contributed by atoms with Crippen molar-refractivity contribution in [1.82, 2.24) is 42.2 Å². The number of hydrogen-bond donors (Lipinski definition) is 13. The molecule has 2 aromatic carbocycles. The average molecular weight is 976 g/mol. The van der Waals surface area contributed by atoms with Crippen molar-refractivity contribution < 1.29 is 48.6 Å². The van der Waals surface area contributed by atoms with E-state index in [1.54, 1.807) is 70.3 Å². The highest BCUT2D eigenvalue weighted by Crippen LogP contribution is 2.20. The number of H-pyrrole nitrogens is 1. The Morgan fingerprint density at radius 2 is 1.17 bits per heavy atom. The van der Waals surface area contributed by atoms with Gasteiger partial charge in [-0.3, -0.25) is 39.0 Å². The summed E-state index contributed by atoms with van der Waals surface area (Å²) in [5.74, 6) is -8.17. The number of benzene rings is 2. The molecule has 6 amide bonds. The highest BCUT2D eigenvalue weighted by atomic mass is 16.4. The number of carboxylic acids is 2. The van der Waals surface area contributed by atoms with Crippen molar-refractivity contribution >= 4 is 64.2 Å². The van der Waals surface area contributed by atoms with Crippen molar-refractivity contribution in [1.29, 1.82) is 5.41 Å². The van der Waals surface area contributed by atoms with Crippen LogP contribution in [0.1, 0.15) is 97.6 Å². The van der Waals surface area contributed by atoms with Crippen LogP contribution < -0.4 is 48.7 Å². The van der Waals surface area contributed by atoms with Gasteiger partial charge in [0.25, 0.3) is 0 Å². The maximum Gasteiger partial charge on any atom is 0.326 e. The molecular weight excluding hydrogens is 903 g/mol. The van der Waals surface area contributed by atoms with E-state index in [0.717, 1.165) is 10.9 Å². The maximum atomic E-state index is 14.4. The fourth-order valence-corrected chi connectivity index (χ4v) is 7.71. The summed E-state index contributed by atoms with van der Waals surface area (Å²) in [6.45, 7) is 11.1. The van der Waals surface area contributed by atoms with Gasteiger partial charge in [0, 0.05) is 42.9 Å². The molecule has 0 aliphatic carbocycles.